The first kappa shape index (κ1) is 12.4. The third-order valence-electron chi connectivity index (χ3n) is 3.03. The molecule has 0 radical (unpaired) electrons. The normalized spacial score (nSPS) is 12.3. The molecule has 6 nitrogen and oxygen atoms in total. The fourth-order valence-electron chi connectivity index (χ4n) is 1.87. The van der Waals surface area contributed by atoms with Crippen LogP contribution in [0, 0.1) is 6.92 Å². The SMILES string of the molecule is Cc1ccc([C@@H](N)c2nc(-c3cnccn3)n[nH]2)cc1. The lowest BCUT2D eigenvalue weighted by Gasteiger charge is -2.08. The van der Waals surface area contributed by atoms with Crippen molar-refractivity contribution in [3.05, 3.63) is 59.8 Å². The molecule has 2 heterocycles. The Balaban J connectivity index is 1.88. The third kappa shape index (κ3) is 2.41. The lowest BCUT2D eigenvalue weighted by molar-refractivity contribution is 0.787. The summed E-state index contributed by atoms with van der Waals surface area (Å²) >= 11 is 0. The van der Waals surface area contributed by atoms with Gasteiger partial charge in [-0.3, -0.25) is 10.1 Å². The van der Waals surface area contributed by atoms with Crippen LogP contribution in [-0.2, 0) is 0 Å². The van der Waals surface area contributed by atoms with Crippen molar-refractivity contribution in [1.29, 1.82) is 0 Å². The van der Waals surface area contributed by atoms with Crippen LogP contribution in [0.3, 0.4) is 0 Å². The van der Waals surface area contributed by atoms with Gasteiger partial charge < -0.3 is 5.73 Å². The van der Waals surface area contributed by atoms with Gasteiger partial charge in [-0.15, -0.1) is 0 Å². The van der Waals surface area contributed by atoms with E-state index in [9.17, 15) is 0 Å². The quantitative estimate of drug-likeness (QED) is 0.751. The van der Waals surface area contributed by atoms with Crippen molar-refractivity contribution in [1.82, 2.24) is 25.1 Å². The van der Waals surface area contributed by atoms with Crippen LogP contribution in [-0.4, -0.2) is 25.1 Å². The molecular weight excluding hydrogens is 252 g/mol. The summed E-state index contributed by atoms with van der Waals surface area (Å²) in [7, 11) is 0. The van der Waals surface area contributed by atoms with Crippen LogP contribution in [0.2, 0.25) is 0 Å². The highest BCUT2D eigenvalue weighted by Gasteiger charge is 2.15. The first-order valence-corrected chi connectivity index (χ1v) is 6.25. The summed E-state index contributed by atoms with van der Waals surface area (Å²) in [5, 5.41) is 7.00. The lowest BCUT2D eigenvalue weighted by Crippen LogP contribution is -2.13. The van der Waals surface area contributed by atoms with Crippen molar-refractivity contribution in [2.75, 3.05) is 0 Å². The Hall–Kier alpha value is -2.60. The Labute approximate surface area is 116 Å². The molecule has 0 saturated heterocycles. The van der Waals surface area contributed by atoms with Crippen LogP contribution in [0.1, 0.15) is 23.0 Å². The molecule has 0 unspecified atom stereocenters. The van der Waals surface area contributed by atoms with Crippen molar-refractivity contribution in [2.45, 2.75) is 13.0 Å². The number of aromatic amines is 1. The second-order valence-electron chi connectivity index (χ2n) is 4.52. The number of rotatable bonds is 3. The number of aryl methyl sites for hydroxylation is 1. The molecule has 0 aliphatic heterocycles. The van der Waals surface area contributed by atoms with Gasteiger partial charge >= 0.3 is 0 Å². The molecule has 20 heavy (non-hydrogen) atoms. The van der Waals surface area contributed by atoms with Crippen LogP contribution in [0.15, 0.2) is 42.9 Å². The van der Waals surface area contributed by atoms with Crippen molar-refractivity contribution in [2.24, 2.45) is 5.73 Å². The molecule has 2 aromatic heterocycles. The van der Waals surface area contributed by atoms with Crippen molar-refractivity contribution >= 4 is 0 Å². The molecule has 3 rings (SSSR count). The fourth-order valence-corrected chi connectivity index (χ4v) is 1.87. The maximum atomic E-state index is 6.19. The predicted octanol–water partition coefficient (Wildman–Crippen LogP) is 1.62. The summed E-state index contributed by atoms with van der Waals surface area (Å²) in [6, 6.07) is 7.69. The highest BCUT2D eigenvalue weighted by Crippen LogP contribution is 2.18. The summed E-state index contributed by atoms with van der Waals surface area (Å²) in [4.78, 5) is 12.5. The summed E-state index contributed by atoms with van der Waals surface area (Å²) in [6.07, 6.45) is 4.82. The molecule has 0 fully saturated rings. The average molecular weight is 266 g/mol. The zero-order valence-corrected chi connectivity index (χ0v) is 11.0. The van der Waals surface area contributed by atoms with E-state index < -0.39 is 0 Å². The van der Waals surface area contributed by atoms with Gasteiger partial charge in [0, 0.05) is 12.4 Å². The second kappa shape index (κ2) is 5.18. The number of hydrogen-bond donors (Lipinski definition) is 2. The van der Waals surface area contributed by atoms with Crippen LogP contribution in [0.25, 0.3) is 11.5 Å². The molecule has 1 atom stereocenters. The van der Waals surface area contributed by atoms with Crippen molar-refractivity contribution < 1.29 is 0 Å². The first-order chi connectivity index (χ1) is 9.74. The number of nitrogens with two attached hydrogens (primary N) is 1. The smallest absolute Gasteiger partial charge is 0.201 e. The second-order valence-corrected chi connectivity index (χ2v) is 4.52. The van der Waals surface area contributed by atoms with Gasteiger partial charge in [-0.1, -0.05) is 29.8 Å². The Morgan fingerprint density at radius 2 is 1.95 bits per heavy atom. The molecule has 0 saturated carbocycles. The minimum Gasteiger partial charge on any atom is -0.318 e. The first-order valence-electron chi connectivity index (χ1n) is 6.25. The minimum atomic E-state index is -0.339. The van der Waals surface area contributed by atoms with E-state index >= 15 is 0 Å². The maximum Gasteiger partial charge on any atom is 0.201 e. The van der Waals surface area contributed by atoms with Gasteiger partial charge in [-0.2, -0.15) is 5.10 Å². The van der Waals surface area contributed by atoms with Crippen LogP contribution in [0.5, 0.6) is 0 Å². The van der Waals surface area contributed by atoms with Gasteiger partial charge in [0.25, 0.3) is 0 Å². The van der Waals surface area contributed by atoms with Gasteiger partial charge in [0.15, 0.2) is 0 Å². The van der Waals surface area contributed by atoms with E-state index in [1.54, 1.807) is 18.6 Å². The zero-order chi connectivity index (χ0) is 13.9. The van der Waals surface area contributed by atoms with Gasteiger partial charge in [-0.25, -0.2) is 9.97 Å². The monoisotopic (exact) mass is 266 g/mol. The van der Waals surface area contributed by atoms with E-state index in [1.165, 1.54) is 5.56 Å². The summed E-state index contributed by atoms with van der Waals surface area (Å²) in [5.74, 6) is 1.10. The standard InChI is InChI=1S/C14H14N6/c1-9-2-4-10(5-3-9)12(15)14-18-13(19-20-14)11-8-16-6-7-17-11/h2-8,12H,15H2,1H3,(H,18,19,20)/t12-/m1/s1. The van der Waals surface area contributed by atoms with Gasteiger partial charge in [0.2, 0.25) is 5.82 Å². The van der Waals surface area contributed by atoms with Crippen LogP contribution in [0.4, 0.5) is 0 Å². The van der Waals surface area contributed by atoms with Gasteiger partial charge in [-0.05, 0) is 12.5 Å². The highest BCUT2D eigenvalue weighted by atomic mass is 15.2. The third-order valence-corrected chi connectivity index (χ3v) is 3.03. The van der Waals surface area contributed by atoms with E-state index in [1.807, 2.05) is 31.2 Å². The predicted molar refractivity (Wildman–Crippen MR) is 74.6 cm³/mol. The summed E-state index contributed by atoms with van der Waals surface area (Å²) in [5.41, 5.74) is 8.98. The number of nitrogens with one attached hydrogen (secondary N) is 1. The molecule has 3 aromatic rings. The number of nitrogens with zero attached hydrogens (tertiary/aromatic N) is 4. The molecule has 0 bridgehead atoms. The molecule has 0 aliphatic carbocycles. The molecule has 0 amide bonds. The van der Waals surface area contributed by atoms with Crippen LogP contribution >= 0.6 is 0 Å². The van der Waals surface area contributed by atoms with Crippen molar-refractivity contribution in [3.63, 3.8) is 0 Å². The lowest BCUT2D eigenvalue weighted by atomic mass is 10.1. The van der Waals surface area contributed by atoms with Gasteiger partial charge in [0.1, 0.15) is 11.5 Å². The molecule has 6 heteroatoms. The molecular formula is C14H14N6. The average Bonchev–Trinajstić information content (AvgIpc) is 2.98. The molecule has 3 N–H and O–H groups in total. The van der Waals surface area contributed by atoms with E-state index in [0.717, 1.165) is 5.56 Å². The van der Waals surface area contributed by atoms with Crippen LogP contribution < -0.4 is 5.73 Å². The van der Waals surface area contributed by atoms with Gasteiger partial charge in [0.05, 0.1) is 12.2 Å². The fraction of sp³-hybridized carbons (Fsp3) is 0.143. The number of H-pyrrole nitrogens is 1. The minimum absolute atomic E-state index is 0.339. The zero-order valence-electron chi connectivity index (χ0n) is 11.0. The molecule has 1 aromatic carbocycles. The number of aromatic nitrogens is 5. The Morgan fingerprint density at radius 3 is 2.65 bits per heavy atom. The number of benzene rings is 1. The largest absolute Gasteiger partial charge is 0.318 e. The van der Waals surface area contributed by atoms with E-state index in [4.69, 9.17) is 5.73 Å². The number of hydrogen-bond acceptors (Lipinski definition) is 5. The topological polar surface area (TPSA) is 93.4 Å². The molecule has 0 spiro atoms. The van der Waals surface area contributed by atoms with E-state index in [0.29, 0.717) is 17.3 Å². The Kier molecular flexibility index (Phi) is 3.22. The Morgan fingerprint density at radius 1 is 1.15 bits per heavy atom. The van der Waals surface area contributed by atoms with E-state index in [2.05, 4.69) is 25.1 Å². The van der Waals surface area contributed by atoms with Crippen molar-refractivity contribution in [3.8, 4) is 11.5 Å². The highest BCUT2D eigenvalue weighted by molar-refractivity contribution is 5.46. The maximum absolute atomic E-state index is 6.19. The molecule has 100 valence electrons. The van der Waals surface area contributed by atoms with E-state index in [-0.39, 0.29) is 6.04 Å². The summed E-state index contributed by atoms with van der Waals surface area (Å²) in [6.45, 7) is 2.04. The summed E-state index contributed by atoms with van der Waals surface area (Å²) < 4.78 is 0. The molecule has 0 aliphatic rings. The Bertz CT molecular complexity index is 689.